The maximum Gasteiger partial charge on any atom is 0.251 e. The number of benzene rings is 1. The van der Waals surface area contributed by atoms with Crippen molar-refractivity contribution in [2.45, 2.75) is 25.9 Å². The second-order valence-electron chi connectivity index (χ2n) is 4.63. The Hall–Kier alpha value is -1.59. The molecular weight excluding hydrogens is 299 g/mol. The molecule has 2 heterocycles. The Morgan fingerprint density at radius 3 is 2.75 bits per heavy atom. The number of halogens is 2. The number of aryl methyl sites for hydroxylation is 1. The minimum absolute atomic E-state index is 0.232. The molecule has 0 atom stereocenters. The Morgan fingerprint density at radius 2 is 2.00 bits per heavy atom. The summed E-state index contributed by atoms with van der Waals surface area (Å²) in [5.41, 5.74) is 0.434. The number of carbonyl (C=O) groups excluding carboxylic acids is 1. The first-order chi connectivity index (χ1) is 9.63. The molecule has 0 saturated heterocycles. The molecule has 7 heteroatoms. The molecule has 0 fully saturated rings. The lowest BCUT2D eigenvalue weighted by Gasteiger charge is -2.06. The zero-order valence-corrected chi connectivity index (χ0v) is 12.1. The van der Waals surface area contributed by atoms with Gasteiger partial charge in [-0.3, -0.25) is 4.79 Å². The molecule has 20 heavy (non-hydrogen) atoms. The molecule has 1 amide bonds. The van der Waals surface area contributed by atoms with Gasteiger partial charge in [0.2, 0.25) is 0 Å². The first-order valence-electron chi connectivity index (χ1n) is 6.29. The van der Waals surface area contributed by atoms with E-state index in [0.717, 1.165) is 31.0 Å². The number of hydrogen-bond donors (Lipinski definition) is 1. The highest BCUT2D eigenvalue weighted by atomic mass is 35.5. The third-order valence-electron chi connectivity index (χ3n) is 3.22. The first kappa shape index (κ1) is 13.4. The molecule has 0 aliphatic carbocycles. The van der Waals surface area contributed by atoms with Crippen molar-refractivity contribution in [2.24, 2.45) is 0 Å². The maximum atomic E-state index is 12.1. The first-order valence-corrected chi connectivity index (χ1v) is 7.04. The van der Waals surface area contributed by atoms with Crippen LogP contribution in [0.15, 0.2) is 18.2 Å². The van der Waals surface area contributed by atoms with Gasteiger partial charge in [0, 0.05) is 28.6 Å². The highest BCUT2D eigenvalue weighted by Crippen LogP contribution is 2.19. The fourth-order valence-corrected chi connectivity index (χ4v) is 2.81. The smallest absolute Gasteiger partial charge is 0.251 e. The number of carbonyl (C=O) groups is 1. The van der Waals surface area contributed by atoms with Crippen LogP contribution in [0.3, 0.4) is 0 Å². The van der Waals surface area contributed by atoms with Gasteiger partial charge in [0.25, 0.3) is 5.91 Å². The Kier molecular flexibility index (Phi) is 3.63. The molecule has 0 radical (unpaired) electrons. The van der Waals surface area contributed by atoms with Crippen LogP contribution in [0.25, 0.3) is 0 Å². The summed E-state index contributed by atoms with van der Waals surface area (Å²) < 4.78 is 2.05. The van der Waals surface area contributed by atoms with E-state index in [0.29, 0.717) is 22.2 Å². The Morgan fingerprint density at radius 1 is 1.25 bits per heavy atom. The van der Waals surface area contributed by atoms with Crippen molar-refractivity contribution >= 4 is 29.1 Å². The van der Waals surface area contributed by atoms with Crippen LogP contribution in [0, 0.1) is 0 Å². The normalized spacial score (nSPS) is 13.3. The number of rotatable bonds is 3. The standard InChI is InChI=1S/C13H12Cl2N4O/c14-9-4-8(5-10(15)6-9)13(20)16-7-12-18-17-11-2-1-3-19(11)12/h4-6H,1-3,7H2,(H,16,20). The molecule has 1 N–H and O–H groups in total. The van der Waals surface area contributed by atoms with Crippen LogP contribution in [0.4, 0.5) is 0 Å². The Labute approximate surface area is 125 Å². The summed E-state index contributed by atoms with van der Waals surface area (Å²) in [6.45, 7) is 1.26. The zero-order chi connectivity index (χ0) is 14.1. The second-order valence-corrected chi connectivity index (χ2v) is 5.50. The molecule has 5 nitrogen and oxygen atoms in total. The van der Waals surface area contributed by atoms with Gasteiger partial charge in [-0.2, -0.15) is 0 Å². The van der Waals surface area contributed by atoms with Crippen LogP contribution < -0.4 is 5.32 Å². The van der Waals surface area contributed by atoms with E-state index in [-0.39, 0.29) is 5.91 Å². The lowest BCUT2D eigenvalue weighted by Crippen LogP contribution is -2.24. The van der Waals surface area contributed by atoms with Crippen molar-refractivity contribution in [3.05, 3.63) is 45.5 Å². The van der Waals surface area contributed by atoms with Gasteiger partial charge < -0.3 is 9.88 Å². The van der Waals surface area contributed by atoms with Gasteiger partial charge in [0.15, 0.2) is 5.82 Å². The van der Waals surface area contributed by atoms with Crippen molar-refractivity contribution in [2.75, 3.05) is 0 Å². The summed E-state index contributed by atoms with van der Waals surface area (Å²) in [5.74, 6) is 1.53. The highest BCUT2D eigenvalue weighted by Gasteiger charge is 2.17. The summed E-state index contributed by atoms with van der Waals surface area (Å²) in [6, 6.07) is 4.75. The summed E-state index contributed by atoms with van der Waals surface area (Å²) in [7, 11) is 0. The lowest BCUT2D eigenvalue weighted by molar-refractivity contribution is 0.0949. The topological polar surface area (TPSA) is 59.8 Å². The second kappa shape index (κ2) is 5.42. The predicted molar refractivity (Wildman–Crippen MR) is 76.0 cm³/mol. The predicted octanol–water partition coefficient (Wildman–Crippen LogP) is 2.46. The van der Waals surface area contributed by atoms with E-state index in [1.54, 1.807) is 18.2 Å². The van der Waals surface area contributed by atoms with Crippen molar-refractivity contribution in [3.8, 4) is 0 Å². The molecule has 2 aromatic rings. The van der Waals surface area contributed by atoms with E-state index >= 15 is 0 Å². The average Bonchev–Trinajstić information content (AvgIpc) is 2.98. The number of fused-ring (bicyclic) bond motifs is 1. The van der Waals surface area contributed by atoms with Crippen LogP contribution in [0.1, 0.15) is 28.4 Å². The van der Waals surface area contributed by atoms with E-state index in [4.69, 9.17) is 23.2 Å². The van der Waals surface area contributed by atoms with E-state index in [9.17, 15) is 4.79 Å². The molecule has 1 aromatic carbocycles. The number of nitrogens with zero attached hydrogens (tertiary/aromatic N) is 3. The van der Waals surface area contributed by atoms with Crippen LogP contribution in [-0.4, -0.2) is 20.7 Å². The fraction of sp³-hybridized carbons (Fsp3) is 0.308. The SMILES string of the molecule is O=C(NCc1nnc2n1CCC2)c1cc(Cl)cc(Cl)c1. The van der Waals surface area contributed by atoms with Gasteiger partial charge in [0.05, 0.1) is 6.54 Å². The number of nitrogens with one attached hydrogen (secondary N) is 1. The molecule has 3 rings (SSSR count). The Balaban J connectivity index is 1.70. The third-order valence-corrected chi connectivity index (χ3v) is 3.65. The summed E-state index contributed by atoms with van der Waals surface area (Å²) in [5, 5.41) is 11.9. The molecule has 1 aliphatic heterocycles. The summed E-state index contributed by atoms with van der Waals surface area (Å²) in [6.07, 6.45) is 2.03. The van der Waals surface area contributed by atoms with E-state index in [1.807, 2.05) is 4.57 Å². The average molecular weight is 311 g/mol. The third kappa shape index (κ3) is 2.64. The zero-order valence-electron chi connectivity index (χ0n) is 10.6. The van der Waals surface area contributed by atoms with Gasteiger partial charge in [-0.25, -0.2) is 0 Å². The maximum absolute atomic E-state index is 12.1. The van der Waals surface area contributed by atoms with E-state index in [2.05, 4.69) is 15.5 Å². The molecule has 0 spiro atoms. The molecule has 1 aromatic heterocycles. The van der Waals surface area contributed by atoms with E-state index < -0.39 is 0 Å². The number of hydrogen-bond acceptors (Lipinski definition) is 3. The quantitative estimate of drug-likeness (QED) is 0.947. The molecule has 1 aliphatic rings. The van der Waals surface area contributed by atoms with Crippen molar-refractivity contribution in [1.82, 2.24) is 20.1 Å². The highest BCUT2D eigenvalue weighted by molar-refractivity contribution is 6.35. The Bertz CT molecular complexity index is 648. The van der Waals surface area contributed by atoms with Crippen LogP contribution in [-0.2, 0) is 19.5 Å². The molecule has 104 valence electrons. The minimum atomic E-state index is -0.232. The molecule has 0 bridgehead atoms. The monoisotopic (exact) mass is 310 g/mol. The van der Waals surface area contributed by atoms with E-state index in [1.165, 1.54) is 0 Å². The number of amides is 1. The van der Waals surface area contributed by atoms with Crippen molar-refractivity contribution in [3.63, 3.8) is 0 Å². The summed E-state index contributed by atoms with van der Waals surface area (Å²) >= 11 is 11.8. The van der Waals surface area contributed by atoms with Crippen molar-refractivity contribution < 1.29 is 4.79 Å². The molecule has 0 saturated carbocycles. The van der Waals surface area contributed by atoms with Gasteiger partial charge >= 0.3 is 0 Å². The number of aromatic nitrogens is 3. The van der Waals surface area contributed by atoms with Gasteiger partial charge in [-0.1, -0.05) is 23.2 Å². The van der Waals surface area contributed by atoms with Crippen LogP contribution in [0.2, 0.25) is 10.0 Å². The van der Waals surface area contributed by atoms with Gasteiger partial charge in [-0.05, 0) is 24.6 Å². The lowest BCUT2D eigenvalue weighted by atomic mass is 10.2. The van der Waals surface area contributed by atoms with Crippen LogP contribution in [0.5, 0.6) is 0 Å². The largest absolute Gasteiger partial charge is 0.345 e. The van der Waals surface area contributed by atoms with Crippen LogP contribution >= 0.6 is 23.2 Å². The van der Waals surface area contributed by atoms with Gasteiger partial charge in [-0.15, -0.1) is 10.2 Å². The fourth-order valence-electron chi connectivity index (χ4n) is 2.29. The molecule has 0 unspecified atom stereocenters. The van der Waals surface area contributed by atoms with Gasteiger partial charge in [0.1, 0.15) is 5.82 Å². The molecular formula is C13H12Cl2N4O. The minimum Gasteiger partial charge on any atom is -0.345 e. The van der Waals surface area contributed by atoms with Crippen molar-refractivity contribution in [1.29, 1.82) is 0 Å². The summed E-state index contributed by atoms with van der Waals surface area (Å²) in [4.78, 5) is 12.1.